The van der Waals surface area contributed by atoms with Crippen LogP contribution in [0.1, 0.15) is 61.9 Å². The van der Waals surface area contributed by atoms with Crippen molar-refractivity contribution >= 4 is 33.3 Å². The molecule has 1 atom stereocenters. The number of anilines is 1. The van der Waals surface area contributed by atoms with E-state index in [1.54, 1.807) is 0 Å². The number of carbonyl (C=O) groups excluding carboxylic acids is 2. The monoisotopic (exact) mass is 394 g/mol. The zero-order valence-electron chi connectivity index (χ0n) is 14.6. The molecule has 0 bridgehead atoms. The van der Waals surface area contributed by atoms with Crippen molar-refractivity contribution in [3.8, 4) is 0 Å². The van der Waals surface area contributed by atoms with E-state index in [1.807, 2.05) is 30.9 Å². The molecule has 1 aliphatic heterocycles. The molecule has 4 nitrogen and oxygen atoms in total. The van der Waals surface area contributed by atoms with Crippen LogP contribution in [0.2, 0.25) is 0 Å². The van der Waals surface area contributed by atoms with Gasteiger partial charge < -0.3 is 10.2 Å². The van der Waals surface area contributed by atoms with Gasteiger partial charge in [0.15, 0.2) is 0 Å². The van der Waals surface area contributed by atoms with Crippen LogP contribution in [-0.4, -0.2) is 34.5 Å². The highest BCUT2D eigenvalue weighted by molar-refractivity contribution is 9.09. The summed E-state index contributed by atoms with van der Waals surface area (Å²) < 4.78 is 0. The Hall–Kier alpha value is -1.36. The number of hydrogen-bond acceptors (Lipinski definition) is 3. The first-order valence-corrected chi connectivity index (χ1v) is 9.94. The van der Waals surface area contributed by atoms with E-state index in [4.69, 9.17) is 0 Å². The Kier molecular flexibility index (Phi) is 7.28. The number of hydrogen-bond donors (Lipinski definition) is 1. The molecule has 1 aliphatic rings. The summed E-state index contributed by atoms with van der Waals surface area (Å²) in [5.41, 5.74) is 2.94. The number of benzene rings is 1. The van der Waals surface area contributed by atoms with Crippen LogP contribution in [0.15, 0.2) is 18.2 Å². The van der Waals surface area contributed by atoms with Crippen LogP contribution in [0.4, 0.5) is 5.69 Å². The highest BCUT2D eigenvalue weighted by atomic mass is 79.9. The van der Waals surface area contributed by atoms with Crippen LogP contribution in [0.3, 0.4) is 0 Å². The maximum Gasteiger partial charge on any atom is 0.254 e. The summed E-state index contributed by atoms with van der Waals surface area (Å²) in [6.07, 6.45) is 3.91. The molecule has 0 saturated heterocycles. The van der Waals surface area contributed by atoms with Gasteiger partial charge in [0, 0.05) is 48.6 Å². The fourth-order valence-corrected chi connectivity index (χ4v) is 3.32. The van der Waals surface area contributed by atoms with Crippen LogP contribution in [0, 0.1) is 0 Å². The second-order valence-electron chi connectivity index (χ2n) is 6.45. The highest BCUT2D eigenvalue weighted by Crippen LogP contribution is 2.28. The Morgan fingerprint density at radius 1 is 1.38 bits per heavy atom. The van der Waals surface area contributed by atoms with E-state index in [0.29, 0.717) is 25.2 Å². The quantitative estimate of drug-likeness (QED) is 0.473. The Balaban J connectivity index is 1.95. The van der Waals surface area contributed by atoms with Gasteiger partial charge in [0.25, 0.3) is 5.91 Å². The maximum atomic E-state index is 12.6. The lowest BCUT2D eigenvalue weighted by Crippen LogP contribution is -2.33. The van der Waals surface area contributed by atoms with Gasteiger partial charge in [0.05, 0.1) is 0 Å². The first kappa shape index (κ1) is 19.0. The minimum absolute atomic E-state index is 0.0902. The predicted molar refractivity (Wildman–Crippen MR) is 102 cm³/mol. The molecule has 2 rings (SSSR count). The minimum Gasteiger partial charge on any atom is -0.385 e. The number of Topliss-reactive ketones (excluding diaryl/α,β-unsaturated/α-hetero) is 1. The molecule has 0 aromatic heterocycles. The molecule has 1 aromatic rings. The van der Waals surface area contributed by atoms with Crippen molar-refractivity contribution in [1.82, 2.24) is 4.90 Å². The number of rotatable bonds is 10. The molecule has 132 valence electrons. The van der Waals surface area contributed by atoms with E-state index in [2.05, 4.69) is 27.3 Å². The lowest BCUT2D eigenvalue weighted by Gasteiger charge is -2.24. The van der Waals surface area contributed by atoms with Crippen LogP contribution < -0.4 is 5.32 Å². The summed E-state index contributed by atoms with van der Waals surface area (Å²) in [6.45, 7) is 5.62. The Morgan fingerprint density at radius 2 is 2.17 bits per heavy atom. The highest BCUT2D eigenvalue weighted by Gasteiger charge is 2.30. The Morgan fingerprint density at radius 3 is 2.88 bits per heavy atom. The van der Waals surface area contributed by atoms with Crippen molar-refractivity contribution in [1.29, 1.82) is 0 Å². The van der Waals surface area contributed by atoms with Crippen LogP contribution >= 0.6 is 15.9 Å². The van der Waals surface area contributed by atoms with Gasteiger partial charge in [-0.15, -0.1) is 0 Å². The number of carbonyl (C=O) groups is 2. The van der Waals surface area contributed by atoms with Gasteiger partial charge in [0.2, 0.25) is 0 Å². The van der Waals surface area contributed by atoms with Gasteiger partial charge in [-0.05, 0) is 49.9 Å². The number of fused-ring (bicyclic) bond motifs is 1. The summed E-state index contributed by atoms with van der Waals surface area (Å²) >= 11 is 3.42. The first-order valence-electron chi connectivity index (χ1n) is 8.82. The van der Waals surface area contributed by atoms with Crippen molar-refractivity contribution in [2.75, 3.05) is 17.2 Å². The first-order chi connectivity index (χ1) is 11.6. The van der Waals surface area contributed by atoms with Gasteiger partial charge in [-0.3, -0.25) is 9.59 Å². The second-order valence-corrected chi connectivity index (χ2v) is 7.24. The number of amides is 1. The zero-order chi connectivity index (χ0) is 17.5. The lowest BCUT2D eigenvalue weighted by molar-refractivity contribution is -0.119. The second kappa shape index (κ2) is 9.21. The van der Waals surface area contributed by atoms with Crippen LogP contribution in [-0.2, 0) is 11.3 Å². The molecule has 1 unspecified atom stereocenters. The van der Waals surface area contributed by atoms with E-state index >= 15 is 0 Å². The van der Waals surface area contributed by atoms with Gasteiger partial charge in [-0.1, -0.05) is 22.9 Å². The summed E-state index contributed by atoms with van der Waals surface area (Å²) in [4.78, 5) is 26.2. The number of ketones is 1. The average Bonchev–Trinajstić information content (AvgIpc) is 2.90. The van der Waals surface area contributed by atoms with Gasteiger partial charge in [-0.25, -0.2) is 0 Å². The summed E-state index contributed by atoms with van der Waals surface area (Å²) in [5.74, 6) is 0.388. The van der Waals surface area contributed by atoms with Gasteiger partial charge >= 0.3 is 0 Å². The third kappa shape index (κ3) is 4.82. The number of nitrogens with one attached hydrogen (secondary N) is 1. The van der Waals surface area contributed by atoms with Crippen LogP contribution in [0.5, 0.6) is 0 Å². The Bertz CT molecular complexity index is 589. The fraction of sp³-hybridized carbons (Fsp3) is 0.579. The Labute approximate surface area is 153 Å². The third-order valence-electron chi connectivity index (χ3n) is 4.48. The van der Waals surface area contributed by atoms with Crippen molar-refractivity contribution in [2.24, 2.45) is 0 Å². The van der Waals surface area contributed by atoms with Crippen molar-refractivity contribution in [3.63, 3.8) is 0 Å². The SMILES string of the molecule is CCCC(=O)CCC(C)N1Cc2cc(NCCCBr)ccc2C1=O. The average molecular weight is 395 g/mol. The lowest BCUT2D eigenvalue weighted by atomic mass is 10.1. The predicted octanol–water partition coefficient (Wildman–Crippen LogP) is 4.38. The molecule has 0 fully saturated rings. The van der Waals surface area contributed by atoms with Crippen molar-refractivity contribution in [2.45, 2.75) is 58.5 Å². The summed E-state index contributed by atoms with van der Waals surface area (Å²) in [6, 6.07) is 6.07. The number of halogens is 1. The molecule has 1 heterocycles. The normalized spacial score (nSPS) is 14.6. The van der Waals surface area contributed by atoms with E-state index in [-0.39, 0.29) is 11.9 Å². The molecule has 0 saturated carbocycles. The van der Waals surface area contributed by atoms with E-state index in [1.165, 1.54) is 0 Å². The van der Waals surface area contributed by atoms with Crippen molar-refractivity contribution in [3.05, 3.63) is 29.3 Å². The number of nitrogens with zero attached hydrogens (tertiary/aromatic N) is 1. The molecule has 0 aliphatic carbocycles. The largest absolute Gasteiger partial charge is 0.385 e. The van der Waals surface area contributed by atoms with Crippen LogP contribution in [0.25, 0.3) is 0 Å². The molecule has 1 N–H and O–H groups in total. The summed E-state index contributed by atoms with van der Waals surface area (Å²) in [7, 11) is 0. The molecule has 24 heavy (non-hydrogen) atoms. The third-order valence-corrected chi connectivity index (χ3v) is 5.04. The standard InChI is InChI=1S/C19H27BrN2O2/c1-3-5-17(23)8-6-14(2)22-13-15-12-16(21-11-4-10-20)7-9-18(15)19(22)24/h7,9,12,14,21H,3-6,8,10-11,13H2,1-2H3. The molecule has 1 amide bonds. The van der Waals surface area contributed by atoms with E-state index in [9.17, 15) is 9.59 Å². The zero-order valence-corrected chi connectivity index (χ0v) is 16.2. The van der Waals surface area contributed by atoms with Gasteiger partial charge in [-0.2, -0.15) is 0 Å². The molecule has 5 heteroatoms. The molecular weight excluding hydrogens is 368 g/mol. The molecule has 1 aromatic carbocycles. The number of alkyl halides is 1. The van der Waals surface area contributed by atoms with Gasteiger partial charge in [0.1, 0.15) is 5.78 Å². The molecular formula is C19H27BrN2O2. The molecule has 0 radical (unpaired) electrons. The van der Waals surface area contributed by atoms with E-state index < -0.39 is 0 Å². The molecule has 0 spiro atoms. The van der Waals surface area contributed by atoms with E-state index in [0.717, 1.165) is 48.0 Å². The topological polar surface area (TPSA) is 49.4 Å². The van der Waals surface area contributed by atoms with Crippen molar-refractivity contribution < 1.29 is 9.59 Å². The fourth-order valence-electron chi connectivity index (χ4n) is 3.04. The maximum absolute atomic E-state index is 12.6. The summed E-state index contributed by atoms with van der Waals surface area (Å²) in [5, 5.41) is 4.36. The smallest absolute Gasteiger partial charge is 0.254 e. The minimum atomic E-state index is 0.0902.